The number of para-hydroxylation sites is 1. The lowest BCUT2D eigenvalue weighted by Gasteiger charge is -2.24. The molecule has 1 aliphatic rings. The molecule has 0 radical (unpaired) electrons. The van der Waals surface area contributed by atoms with Crippen LogP contribution in [-0.2, 0) is 16.6 Å². The predicted molar refractivity (Wildman–Crippen MR) is 130 cm³/mol. The molecule has 0 unspecified atom stereocenters. The van der Waals surface area contributed by atoms with Crippen LogP contribution in [0.25, 0.3) is 17.0 Å². The minimum Gasteiger partial charge on any atom is -0.463 e. The van der Waals surface area contributed by atoms with E-state index in [0.717, 1.165) is 22.0 Å². The lowest BCUT2D eigenvalue weighted by atomic mass is 9.96. The summed E-state index contributed by atoms with van der Waals surface area (Å²) in [6.45, 7) is 3.82. The minimum atomic E-state index is -0.587. The Morgan fingerprint density at radius 3 is 2.64 bits per heavy atom. The van der Waals surface area contributed by atoms with Crippen molar-refractivity contribution in [2.24, 2.45) is 12.0 Å². The second-order valence-electron chi connectivity index (χ2n) is 7.93. The molecule has 6 nitrogen and oxygen atoms in total. The smallest absolute Gasteiger partial charge is 0.338 e. The molecule has 166 valence electrons. The van der Waals surface area contributed by atoms with Gasteiger partial charge in [-0.25, -0.2) is 9.79 Å². The third-order valence-electron chi connectivity index (χ3n) is 5.85. The molecule has 0 amide bonds. The predicted octanol–water partition coefficient (Wildman–Crippen LogP) is 3.29. The number of hydrogen-bond acceptors (Lipinski definition) is 5. The number of thiazole rings is 1. The highest BCUT2D eigenvalue weighted by Crippen LogP contribution is 2.30. The number of benzene rings is 2. The van der Waals surface area contributed by atoms with Crippen LogP contribution in [0.2, 0.25) is 0 Å². The summed E-state index contributed by atoms with van der Waals surface area (Å²) in [5.74, 6) is -0.448. The number of rotatable bonds is 4. The molecule has 0 saturated carbocycles. The van der Waals surface area contributed by atoms with Crippen LogP contribution in [0, 0.1) is 0 Å². The molecule has 0 fully saturated rings. The summed E-state index contributed by atoms with van der Waals surface area (Å²) >= 11 is 1.34. The Hall–Kier alpha value is -3.71. The largest absolute Gasteiger partial charge is 0.463 e. The first kappa shape index (κ1) is 21.2. The van der Waals surface area contributed by atoms with Crippen molar-refractivity contribution in [3.05, 3.63) is 103 Å². The molecule has 2 aromatic carbocycles. The van der Waals surface area contributed by atoms with Gasteiger partial charge in [0.05, 0.1) is 28.5 Å². The van der Waals surface area contributed by atoms with Crippen molar-refractivity contribution < 1.29 is 9.53 Å². The van der Waals surface area contributed by atoms with Gasteiger partial charge in [-0.3, -0.25) is 9.36 Å². The Morgan fingerprint density at radius 2 is 1.88 bits per heavy atom. The van der Waals surface area contributed by atoms with Gasteiger partial charge in [0.1, 0.15) is 0 Å². The zero-order valence-corrected chi connectivity index (χ0v) is 19.4. The van der Waals surface area contributed by atoms with Crippen molar-refractivity contribution in [3.8, 4) is 0 Å². The summed E-state index contributed by atoms with van der Waals surface area (Å²) in [5.41, 5.74) is 3.70. The van der Waals surface area contributed by atoms with Crippen LogP contribution in [0.4, 0.5) is 0 Å². The molecule has 2 aromatic heterocycles. The average molecular weight is 458 g/mol. The van der Waals surface area contributed by atoms with E-state index in [2.05, 4.69) is 11.1 Å². The highest BCUT2D eigenvalue weighted by atomic mass is 32.1. The van der Waals surface area contributed by atoms with E-state index in [0.29, 0.717) is 20.6 Å². The highest BCUT2D eigenvalue weighted by Gasteiger charge is 2.33. The second-order valence-corrected chi connectivity index (χ2v) is 8.93. The van der Waals surface area contributed by atoms with Crippen LogP contribution < -0.4 is 14.9 Å². The SMILES string of the molecule is CCOC(=O)C1=C(C)N=c2s/c(=C/c3cn(C)c4ccccc34)c(=O)n2[C@@H]1c1ccccc1. The molecule has 0 spiro atoms. The third-order valence-corrected chi connectivity index (χ3v) is 6.83. The van der Waals surface area contributed by atoms with Crippen molar-refractivity contribution in [1.82, 2.24) is 9.13 Å². The van der Waals surface area contributed by atoms with Crippen molar-refractivity contribution in [2.45, 2.75) is 19.9 Å². The topological polar surface area (TPSA) is 65.6 Å². The van der Waals surface area contributed by atoms with E-state index in [9.17, 15) is 9.59 Å². The lowest BCUT2D eigenvalue weighted by Crippen LogP contribution is -2.39. The van der Waals surface area contributed by atoms with Crippen LogP contribution in [0.5, 0.6) is 0 Å². The molecule has 3 heterocycles. The van der Waals surface area contributed by atoms with Gasteiger partial charge in [-0.2, -0.15) is 0 Å². The molecule has 0 bridgehead atoms. The second kappa shape index (κ2) is 8.33. The van der Waals surface area contributed by atoms with E-state index >= 15 is 0 Å². The average Bonchev–Trinajstić information content (AvgIpc) is 3.30. The molecule has 4 aromatic rings. The Labute approximate surface area is 194 Å². The molecule has 33 heavy (non-hydrogen) atoms. The fourth-order valence-electron chi connectivity index (χ4n) is 4.37. The number of carbonyl (C=O) groups is 1. The summed E-state index contributed by atoms with van der Waals surface area (Å²) in [6.07, 6.45) is 3.93. The standard InChI is InChI=1S/C26H23N3O3S/c1-4-32-25(31)22-16(2)27-26-29(23(22)17-10-6-5-7-11-17)24(30)21(33-26)14-18-15-28(3)20-13-9-8-12-19(18)20/h5-15,23H,4H2,1-3H3/b21-14+/t23-/m1/s1. The van der Waals surface area contributed by atoms with Gasteiger partial charge in [-0.05, 0) is 31.6 Å². The molecule has 1 aliphatic heterocycles. The van der Waals surface area contributed by atoms with Gasteiger partial charge >= 0.3 is 5.97 Å². The minimum absolute atomic E-state index is 0.171. The fraction of sp³-hybridized carbons (Fsp3) is 0.192. The molecule has 0 saturated heterocycles. The van der Waals surface area contributed by atoms with E-state index in [1.807, 2.05) is 72.4 Å². The van der Waals surface area contributed by atoms with Crippen LogP contribution in [0.15, 0.2) is 81.9 Å². The van der Waals surface area contributed by atoms with E-state index in [-0.39, 0.29) is 12.2 Å². The first-order valence-corrected chi connectivity index (χ1v) is 11.6. The first-order valence-electron chi connectivity index (χ1n) is 10.8. The molecule has 7 heteroatoms. The van der Waals surface area contributed by atoms with Gasteiger partial charge in [0.25, 0.3) is 5.56 Å². The third kappa shape index (κ3) is 3.54. The van der Waals surface area contributed by atoms with Crippen LogP contribution in [-0.4, -0.2) is 21.7 Å². The zero-order valence-electron chi connectivity index (χ0n) is 18.6. The Balaban J connectivity index is 1.75. The molecule has 0 N–H and O–H groups in total. The maximum atomic E-state index is 13.7. The van der Waals surface area contributed by atoms with Gasteiger partial charge in [-0.1, -0.05) is 59.9 Å². The Morgan fingerprint density at radius 1 is 1.15 bits per heavy atom. The summed E-state index contributed by atoms with van der Waals surface area (Å²) in [7, 11) is 1.99. The number of fused-ring (bicyclic) bond motifs is 2. The number of aryl methyl sites for hydroxylation is 1. The molecular formula is C26H23N3O3S. The summed E-state index contributed by atoms with van der Waals surface area (Å²) in [6, 6.07) is 17.1. The summed E-state index contributed by atoms with van der Waals surface area (Å²) in [5, 5.41) is 1.08. The Bertz CT molecular complexity index is 1590. The number of ether oxygens (including phenoxy) is 1. The van der Waals surface area contributed by atoms with E-state index in [1.165, 1.54) is 11.3 Å². The van der Waals surface area contributed by atoms with Crippen LogP contribution in [0.1, 0.15) is 31.0 Å². The van der Waals surface area contributed by atoms with Gasteiger partial charge < -0.3 is 9.30 Å². The van der Waals surface area contributed by atoms with Gasteiger partial charge in [0.2, 0.25) is 0 Å². The lowest BCUT2D eigenvalue weighted by molar-refractivity contribution is -0.139. The summed E-state index contributed by atoms with van der Waals surface area (Å²) in [4.78, 5) is 31.8. The number of esters is 1. The van der Waals surface area contributed by atoms with Gasteiger partial charge in [-0.15, -0.1) is 0 Å². The molecule has 5 rings (SSSR count). The van der Waals surface area contributed by atoms with E-state index in [4.69, 9.17) is 4.74 Å². The zero-order chi connectivity index (χ0) is 23.1. The van der Waals surface area contributed by atoms with Crippen LogP contribution >= 0.6 is 11.3 Å². The maximum absolute atomic E-state index is 13.7. The monoisotopic (exact) mass is 457 g/mol. The highest BCUT2D eigenvalue weighted by molar-refractivity contribution is 7.07. The molecule has 0 aliphatic carbocycles. The van der Waals surface area contributed by atoms with Crippen LogP contribution in [0.3, 0.4) is 0 Å². The number of carbonyl (C=O) groups excluding carboxylic acids is 1. The summed E-state index contributed by atoms with van der Waals surface area (Å²) < 4.78 is 9.58. The van der Waals surface area contributed by atoms with Crippen molar-refractivity contribution in [2.75, 3.05) is 6.61 Å². The normalized spacial score (nSPS) is 16.1. The fourth-order valence-corrected chi connectivity index (χ4v) is 5.41. The number of allylic oxidation sites excluding steroid dienone is 1. The maximum Gasteiger partial charge on any atom is 0.338 e. The van der Waals surface area contributed by atoms with E-state index in [1.54, 1.807) is 18.4 Å². The number of aromatic nitrogens is 2. The molecular weight excluding hydrogens is 434 g/mol. The number of hydrogen-bond donors (Lipinski definition) is 0. The van der Waals surface area contributed by atoms with E-state index < -0.39 is 12.0 Å². The van der Waals surface area contributed by atoms with Gasteiger partial charge in [0, 0.05) is 29.7 Å². The number of nitrogens with zero attached hydrogens (tertiary/aromatic N) is 3. The quantitative estimate of drug-likeness (QED) is 0.442. The van der Waals surface area contributed by atoms with Crippen molar-refractivity contribution >= 4 is 34.3 Å². The Kier molecular flexibility index (Phi) is 5.34. The molecule has 1 atom stereocenters. The first-order chi connectivity index (χ1) is 16.0. The van der Waals surface area contributed by atoms with Gasteiger partial charge in [0.15, 0.2) is 4.80 Å². The van der Waals surface area contributed by atoms with Crippen molar-refractivity contribution in [1.29, 1.82) is 0 Å². The van der Waals surface area contributed by atoms with Crippen molar-refractivity contribution in [3.63, 3.8) is 0 Å².